The number of benzene rings is 8. The van der Waals surface area contributed by atoms with Crippen LogP contribution in [-0.2, 0) is 0 Å². The summed E-state index contributed by atoms with van der Waals surface area (Å²) in [7, 11) is 0. The van der Waals surface area contributed by atoms with E-state index in [4.69, 9.17) is 9.97 Å². The molecule has 0 spiro atoms. The number of hydrogen-bond donors (Lipinski definition) is 0. The van der Waals surface area contributed by atoms with Crippen LogP contribution in [-0.4, -0.2) is 14.5 Å². The van der Waals surface area contributed by atoms with Crippen LogP contribution in [0.25, 0.3) is 114 Å². The third kappa shape index (κ3) is 4.17. The van der Waals surface area contributed by atoms with Crippen LogP contribution in [0.15, 0.2) is 176 Å². The monoisotopic (exact) mass is 703 g/mol. The Kier molecular flexibility index (Phi) is 6.21. The second-order valence-corrected chi connectivity index (χ2v) is 15.1. The molecule has 12 rings (SSSR count). The van der Waals surface area contributed by atoms with Gasteiger partial charge in [0.15, 0.2) is 0 Å². The molecule has 4 heterocycles. The fourth-order valence-electron chi connectivity index (χ4n) is 8.82. The third-order valence-electron chi connectivity index (χ3n) is 11.2. The molecule has 3 nitrogen and oxygen atoms in total. The van der Waals surface area contributed by atoms with Crippen LogP contribution in [0, 0.1) is 0 Å². The number of aromatic nitrogens is 3. The Morgan fingerprint density at radius 1 is 0.407 bits per heavy atom. The zero-order valence-electron chi connectivity index (χ0n) is 29.0. The molecule has 0 atom stereocenters. The minimum absolute atomic E-state index is 0.903. The Labute approximate surface area is 314 Å². The van der Waals surface area contributed by atoms with Gasteiger partial charge in [-0.1, -0.05) is 140 Å². The molecule has 0 saturated heterocycles. The molecule has 0 radical (unpaired) electrons. The van der Waals surface area contributed by atoms with Crippen molar-refractivity contribution in [3.63, 3.8) is 0 Å². The van der Waals surface area contributed by atoms with Crippen molar-refractivity contribution in [2.24, 2.45) is 0 Å². The maximum Gasteiger partial charge on any atom is 0.138 e. The van der Waals surface area contributed by atoms with E-state index in [0.29, 0.717) is 0 Å². The maximum atomic E-state index is 5.67. The summed E-state index contributed by atoms with van der Waals surface area (Å²) in [6, 6.07) is 63.3. The molecule has 0 amide bonds. The van der Waals surface area contributed by atoms with E-state index < -0.39 is 0 Å². The highest BCUT2D eigenvalue weighted by molar-refractivity contribution is 7.27. The standard InChI is InChI=1S/C50H29N3S/c1-2-14-30(15-3-1)39-29-45(51-41-23-11-8-16-32(39)41)53-42-24-12-9-17-33(42)40-28-31(26-27-43(40)53)48-37-21-7-6-20-36(37)46-34-18-4-5-19-35(34)47-38-22-10-13-25-44(38)54-50(47)49(46)52-48/h1-29H. The lowest BCUT2D eigenvalue weighted by atomic mass is 9.94. The highest BCUT2D eigenvalue weighted by Gasteiger charge is 2.21. The maximum absolute atomic E-state index is 5.67. The van der Waals surface area contributed by atoms with Gasteiger partial charge in [-0.25, -0.2) is 9.97 Å². The highest BCUT2D eigenvalue weighted by atomic mass is 32.1. The van der Waals surface area contributed by atoms with Crippen molar-refractivity contribution >= 4 is 96.7 Å². The first-order chi connectivity index (χ1) is 26.8. The number of rotatable bonds is 3. The Hall–Kier alpha value is -6.88. The molecule has 250 valence electrons. The van der Waals surface area contributed by atoms with Gasteiger partial charge in [0.25, 0.3) is 0 Å². The van der Waals surface area contributed by atoms with Crippen LogP contribution in [0.4, 0.5) is 0 Å². The lowest BCUT2D eigenvalue weighted by molar-refractivity contribution is 1.10. The van der Waals surface area contributed by atoms with Gasteiger partial charge in [0, 0.05) is 48.0 Å². The van der Waals surface area contributed by atoms with Crippen LogP contribution >= 0.6 is 11.3 Å². The van der Waals surface area contributed by atoms with Crippen LogP contribution in [0.2, 0.25) is 0 Å². The van der Waals surface area contributed by atoms with Gasteiger partial charge in [-0.05, 0) is 63.7 Å². The fraction of sp³-hybridized carbons (Fsp3) is 0. The molecule has 4 aromatic heterocycles. The topological polar surface area (TPSA) is 30.7 Å². The van der Waals surface area contributed by atoms with E-state index in [1.54, 1.807) is 0 Å². The number of pyridine rings is 2. The Morgan fingerprint density at radius 3 is 1.83 bits per heavy atom. The summed E-state index contributed by atoms with van der Waals surface area (Å²) in [6.07, 6.45) is 0. The fourth-order valence-corrected chi connectivity index (χ4v) is 10.0. The van der Waals surface area contributed by atoms with Crippen LogP contribution in [0.1, 0.15) is 0 Å². The highest BCUT2D eigenvalue weighted by Crippen LogP contribution is 2.47. The van der Waals surface area contributed by atoms with E-state index in [-0.39, 0.29) is 0 Å². The van der Waals surface area contributed by atoms with E-state index in [9.17, 15) is 0 Å². The van der Waals surface area contributed by atoms with Crippen LogP contribution in [0.3, 0.4) is 0 Å². The molecule has 0 unspecified atom stereocenters. The summed E-state index contributed by atoms with van der Waals surface area (Å²) in [5, 5.41) is 12.2. The van der Waals surface area contributed by atoms with Gasteiger partial charge in [0.2, 0.25) is 0 Å². The zero-order valence-corrected chi connectivity index (χ0v) is 29.8. The summed E-state index contributed by atoms with van der Waals surface area (Å²) in [4.78, 5) is 11.0. The average Bonchev–Trinajstić information content (AvgIpc) is 3.80. The molecule has 0 aliphatic heterocycles. The van der Waals surface area contributed by atoms with Gasteiger partial charge in [-0.2, -0.15) is 0 Å². The summed E-state index contributed by atoms with van der Waals surface area (Å²) < 4.78 is 4.85. The van der Waals surface area contributed by atoms with Crippen molar-refractivity contribution in [1.82, 2.24) is 14.5 Å². The minimum atomic E-state index is 0.903. The van der Waals surface area contributed by atoms with Crippen molar-refractivity contribution in [2.45, 2.75) is 0 Å². The number of fused-ring (bicyclic) bond motifs is 14. The van der Waals surface area contributed by atoms with Crippen LogP contribution < -0.4 is 0 Å². The van der Waals surface area contributed by atoms with Crippen molar-refractivity contribution < 1.29 is 0 Å². The van der Waals surface area contributed by atoms with Crippen molar-refractivity contribution in [3.8, 4) is 28.2 Å². The molecule has 54 heavy (non-hydrogen) atoms. The Morgan fingerprint density at radius 2 is 1.02 bits per heavy atom. The summed E-state index contributed by atoms with van der Waals surface area (Å²) >= 11 is 1.85. The lowest BCUT2D eigenvalue weighted by Gasteiger charge is -2.14. The average molecular weight is 704 g/mol. The molecule has 0 aliphatic carbocycles. The molecule has 0 bridgehead atoms. The molecule has 0 saturated carbocycles. The largest absolute Gasteiger partial charge is 0.294 e. The lowest BCUT2D eigenvalue weighted by Crippen LogP contribution is -1.99. The molecule has 12 aromatic rings. The smallest absolute Gasteiger partial charge is 0.138 e. The van der Waals surface area contributed by atoms with Gasteiger partial charge in [-0.15, -0.1) is 11.3 Å². The van der Waals surface area contributed by atoms with Crippen molar-refractivity contribution in [1.29, 1.82) is 0 Å². The minimum Gasteiger partial charge on any atom is -0.294 e. The summed E-state index contributed by atoms with van der Waals surface area (Å²) in [5.41, 5.74) is 8.73. The van der Waals surface area contributed by atoms with Gasteiger partial charge in [0.1, 0.15) is 5.82 Å². The van der Waals surface area contributed by atoms with E-state index in [1.165, 1.54) is 63.6 Å². The first-order valence-electron chi connectivity index (χ1n) is 18.3. The van der Waals surface area contributed by atoms with E-state index in [1.807, 2.05) is 11.3 Å². The molecule has 0 fully saturated rings. The van der Waals surface area contributed by atoms with Gasteiger partial charge >= 0.3 is 0 Å². The van der Waals surface area contributed by atoms with Gasteiger partial charge in [0.05, 0.1) is 32.5 Å². The molecular formula is C50H29N3S. The number of thiophene rings is 1. The zero-order chi connectivity index (χ0) is 35.3. The Bertz CT molecular complexity index is 3500. The quantitative estimate of drug-likeness (QED) is 0.172. The van der Waals surface area contributed by atoms with Gasteiger partial charge in [-0.3, -0.25) is 4.57 Å². The summed E-state index contributed by atoms with van der Waals surface area (Å²) in [5.74, 6) is 0.903. The molecule has 0 aliphatic rings. The van der Waals surface area contributed by atoms with Crippen molar-refractivity contribution in [2.75, 3.05) is 0 Å². The first-order valence-corrected chi connectivity index (χ1v) is 19.2. The van der Waals surface area contributed by atoms with E-state index >= 15 is 0 Å². The second-order valence-electron chi connectivity index (χ2n) is 14.1. The number of hydrogen-bond acceptors (Lipinski definition) is 3. The predicted octanol–water partition coefficient (Wildman–Crippen LogP) is 13.9. The normalized spacial score (nSPS) is 12.1. The number of nitrogens with zero attached hydrogens (tertiary/aromatic N) is 3. The van der Waals surface area contributed by atoms with E-state index in [0.717, 1.165) is 49.9 Å². The third-order valence-corrected chi connectivity index (χ3v) is 12.3. The molecule has 8 aromatic carbocycles. The molecule has 0 N–H and O–H groups in total. The SMILES string of the molecule is c1ccc(-c2cc(-n3c4ccccc4c4cc(-c5nc6c7sc8ccccc8c7c7ccccc7c6c6ccccc56)ccc43)nc3ccccc23)cc1. The van der Waals surface area contributed by atoms with Gasteiger partial charge < -0.3 is 0 Å². The summed E-state index contributed by atoms with van der Waals surface area (Å²) in [6.45, 7) is 0. The van der Waals surface area contributed by atoms with E-state index in [2.05, 4.69) is 180 Å². The first kappa shape index (κ1) is 29.7. The van der Waals surface area contributed by atoms with Crippen molar-refractivity contribution in [3.05, 3.63) is 176 Å². The molecular weight excluding hydrogens is 675 g/mol. The van der Waals surface area contributed by atoms with Crippen LogP contribution in [0.5, 0.6) is 0 Å². The second kappa shape index (κ2) is 11.3. The molecule has 4 heteroatoms. The Balaban J connectivity index is 1.15. The number of para-hydroxylation sites is 2. The predicted molar refractivity (Wildman–Crippen MR) is 230 cm³/mol.